The lowest BCUT2D eigenvalue weighted by atomic mass is 9.48. The van der Waals surface area contributed by atoms with Crippen molar-refractivity contribution in [3.63, 3.8) is 0 Å². The summed E-state index contributed by atoms with van der Waals surface area (Å²) >= 11 is 0. The molecular formula is C38H45FN2O4. The number of fused-ring (bicyclic) bond motifs is 3. The van der Waals surface area contributed by atoms with Crippen molar-refractivity contribution in [2.45, 2.75) is 110 Å². The van der Waals surface area contributed by atoms with Gasteiger partial charge in [-0.05, 0) is 107 Å². The second-order valence-electron chi connectivity index (χ2n) is 15.6. The minimum atomic E-state index is -0.769. The highest BCUT2D eigenvalue weighted by Gasteiger charge is 2.54. The minimum Gasteiger partial charge on any atom is -0.460 e. The third-order valence-corrected chi connectivity index (χ3v) is 11.1. The van der Waals surface area contributed by atoms with Gasteiger partial charge in [0, 0.05) is 35.5 Å². The van der Waals surface area contributed by atoms with E-state index >= 15 is 4.39 Å². The molecule has 4 saturated carbocycles. The molecule has 0 unspecified atom stereocenters. The number of ketones is 1. The maximum absolute atomic E-state index is 15.1. The zero-order valence-corrected chi connectivity index (χ0v) is 27.0. The van der Waals surface area contributed by atoms with Gasteiger partial charge in [0.25, 0.3) is 0 Å². The third kappa shape index (κ3) is 5.61. The number of rotatable bonds is 7. The number of hydrogen-bond donors (Lipinski definition) is 0. The molecule has 45 heavy (non-hydrogen) atoms. The molecule has 1 amide bonds. The van der Waals surface area contributed by atoms with Crippen LogP contribution in [0.3, 0.4) is 0 Å². The van der Waals surface area contributed by atoms with Crippen LogP contribution in [0.15, 0.2) is 48.5 Å². The standard InChI is InChI=1S/C38H45FN2O4/c1-23(42)41-32(34(43)17-35(44)45-37(2,3)4)16-29-28-10-6-8-12-31(28)40(22-27-9-5-7-11-30(27)39)36(29)33(41)21-38-18-24-13-25(19-38)15-26(14-24)20-38/h5-12,24-26,32-33H,13-22H2,1-4H3/t24?,25?,26?,32-,33+,38?/m0/s1. The van der Waals surface area contributed by atoms with E-state index < -0.39 is 17.6 Å². The summed E-state index contributed by atoms with van der Waals surface area (Å²) < 4.78 is 22.9. The van der Waals surface area contributed by atoms with E-state index in [4.69, 9.17) is 4.74 Å². The average Bonchev–Trinajstić information content (AvgIpc) is 3.25. The molecule has 6 nitrogen and oxygen atoms in total. The molecule has 4 aliphatic carbocycles. The molecule has 1 aromatic heterocycles. The fraction of sp³-hybridized carbons (Fsp3) is 0.553. The lowest BCUT2D eigenvalue weighted by Crippen LogP contribution is -2.54. The fourth-order valence-corrected chi connectivity index (χ4v) is 10.1. The van der Waals surface area contributed by atoms with E-state index in [1.807, 2.05) is 24.3 Å². The van der Waals surface area contributed by atoms with Gasteiger partial charge in [0.05, 0.1) is 18.6 Å². The number of carbonyl (C=O) groups excluding carboxylic acids is 3. The van der Waals surface area contributed by atoms with Gasteiger partial charge in [-0.3, -0.25) is 14.4 Å². The number of hydrogen-bond acceptors (Lipinski definition) is 4. The Morgan fingerprint density at radius 2 is 1.56 bits per heavy atom. The summed E-state index contributed by atoms with van der Waals surface area (Å²) in [5.41, 5.74) is 3.03. The first-order valence-corrected chi connectivity index (χ1v) is 16.8. The zero-order valence-electron chi connectivity index (χ0n) is 27.0. The summed E-state index contributed by atoms with van der Waals surface area (Å²) in [6.07, 6.45) is 8.18. The molecule has 8 rings (SSSR count). The molecule has 1 aliphatic heterocycles. The maximum Gasteiger partial charge on any atom is 0.313 e. The Balaban J connectivity index is 1.36. The predicted octanol–water partition coefficient (Wildman–Crippen LogP) is 7.55. The first-order valence-electron chi connectivity index (χ1n) is 16.8. The van der Waals surface area contributed by atoms with Gasteiger partial charge in [-0.25, -0.2) is 4.39 Å². The van der Waals surface area contributed by atoms with Crippen LogP contribution in [0, 0.1) is 29.0 Å². The quantitative estimate of drug-likeness (QED) is 0.204. The van der Waals surface area contributed by atoms with Crippen molar-refractivity contribution in [2.75, 3.05) is 0 Å². The summed E-state index contributed by atoms with van der Waals surface area (Å²) in [5, 5.41) is 1.03. The maximum atomic E-state index is 15.1. The van der Waals surface area contributed by atoms with Gasteiger partial charge >= 0.3 is 5.97 Å². The average molecular weight is 613 g/mol. The Bertz CT molecular complexity index is 1630. The molecule has 0 N–H and O–H groups in total. The second-order valence-corrected chi connectivity index (χ2v) is 15.6. The Morgan fingerprint density at radius 1 is 0.933 bits per heavy atom. The van der Waals surface area contributed by atoms with Crippen LogP contribution in [0.1, 0.15) is 102 Å². The van der Waals surface area contributed by atoms with Crippen LogP contribution in [0.5, 0.6) is 0 Å². The smallest absolute Gasteiger partial charge is 0.313 e. The van der Waals surface area contributed by atoms with Crippen LogP contribution in [0.25, 0.3) is 10.9 Å². The number of halogens is 1. The molecule has 0 saturated heterocycles. The van der Waals surface area contributed by atoms with Crippen molar-refractivity contribution in [3.05, 3.63) is 71.2 Å². The van der Waals surface area contributed by atoms with E-state index in [0.717, 1.165) is 46.3 Å². The first kappa shape index (κ1) is 30.2. The lowest BCUT2D eigenvalue weighted by molar-refractivity contribution is -0.158. The highest BCUT2D eigenvalue weighted by atomic mass is 19.1. The van der Waals surface area contributed by atoms with E-state index in [-0.39, 0.29) is 35.4 Å². The highest BCUT2D eigenvalue weighted by molar-refractivity contribution is 6.01. The first-order chi connectivity index (χ1) is 21.4. The van der Waals surface area contributed by atoms with Crippen molar-refractivity contribution < 1.29 is 23.5 Å². The van der Waals surface area contributed by atoms with Gasteiger partial charge < -0.3 is 14.2 Å². The third-order valence-electron chi connectivity index (χ3n) is 11.1. The minimum absolute atomic E-state index is 0.111. The van der Waals surface area contributed by atoms with Crippen molar-refractivity contribution in [2.24, 2.45) is 23.2 Å². The number of nitrogens with zero attached hydrogens (tertiary/aromatic N) is 2. The van der Waals surface area contributed by atoms with Crippen molar-refractivity contribution in [3.8, 4) is 0 Å². The molecule has 0 radical (unpaired) electrons. The van der Waals surface area contributed by atoms with E-state index in [0.29, 0.717) is 18.5 Å². The molecule has 4 fully saturated rings. The Hall–Kier alpha value is -3.48. The largest absolute Gasteiger partial charge is 0.460 e. The normalized spacial score (nSPS) is 28.7. The van der Waals surface area contributed by atoms with E-state index in [1.54, 1.807) is 38.7 Å². The van der Waals surface area contributed by atoms with Gasteiger partial charge in [-0.1, -0.05) is 36.4 Å². The number of ether oxygens (including phenoxy) is 1. The Labute approximate surface area is 265 Å². The van der Waals surface area contributed by atoms with Gasteiger partial charge in [0.2, 0.25) is 5.91 Å². The van der Waals surface area contributed by atoms with Crippen LogP contribution in [-0.2, 0) is 32.1 Å². The fourth-order valence-electron chi connectivity index (χ4n) is 10.1. The number of Topliss-reactive ketones (excluding diaryl/α,β-unsaturated/α-hetero) is 1. The van der Waals surface area contributed by atoms with Crippen LogP contribution in [-0.4, -0.2) is 38.8 Å². The number of aromatic nitrogens is 1. The second kappa shape index (κ2) is 11.1. The van der Waals surface area contributed by atoms with Crippen LogP contribution >= 0.6 is 0 Å². The summed E-state index contributed by atoms with van der Waals surface area (Å²) in [6, 6.07) is 13.9. The predicted molar refractivity (Wildman–Crippen MR) is 171 cm³/mol. The molecule has 2 heterocycles. The summed E-state index contributed by atoms with van der Waals surface area (Å²) in [5.74, 6) is 0.928. The molecule has 2 aromatic carbocycles. The highest BCUT2D eigenvalue weighted by Crippen LogP contribution is 2.63. The van der Waals surface area contributed by atoms with Gasteiger partial charge in [0.1, 0.15) is 17.8 Å². The Kier molecular flexibility index (Phi) is 7.44. The molecule has 5 aliphatic rings. The molecule has 2 atom stereocenters. The van der Waals surface area contributed by atoms with E-state index in [1.165, 1.54) is 44.6 Å². The summed E-state index contributed by atoms with van der Waals surface area (Å²) in [6.45, 7) is 7.25. The van der Waals surface area contributed by atoms with Crippen molar-refractivity contribution >= 4 is 28.6 Å². The number of esters is 1. The van der Waals surface area contributed by atoms with E-state index in [9.17, 15) is 14.4 Å². The van der Waals surface area contributed by atoms with Crippen LogP contribution in [0.4, 0.5) is 4.39 Å². The molecule has 238 valence electrons. The monoisotopic (exact) mass is 612 g/mol. The Morgan fingerprint density at radius 3 is 2.18 bits per heavy atom. The van der Waals surface area contributed by atoms with Crippen molar-refractivity contribution in [1.29, 1.82) is 0 Å². The number of para-hydroxylation sites is 1. The summed E-state index contributed by atoms with van der Waals surface area (Å²) in [7, 11) is 0. The molecule has 0 spiro atoms. The SMILES string of the molecule is CC(=O)N1[C@H](CC23CC4CC(CC(C4)C2)C3)c2c(c3ccccc3n2Cc2ccccc2F)C[C@H]1C(=O)CC(=O)OC(C)(C)C. The van der Waals surface area contributed by atoms with Gasteiger partial charge in [-0.2, -0.15) is 0 Å². The molecule has 3 aromatic rings. The van der Waals surface area contributed by atoms with Gasteiger partial charge in [0.15, 0.2) is 5.78 Å². The number of amides is 1. The summed E-state index contributed by atoms with van der Waals surface area (Å²) in [4.78, 5) is 42.5. The lowest BCUT2D eigenvalue weighted by Gasteiger charge is -2.58. The number of benzene rings is 2. The molecule has 4 bridgehead atoms. The topological polar surface area (TPSA) is 68.6 Å². The van der Waals surface area contributed by atoms with Crippen LogP contribution < -0.4 is 0 Å². The molecule has 7 heteroatoms. The van der Waals surface area contributed by atoms with E-state index in [2.05, 4.69) is 16.7 Å². The van der Waals surface area contributed by atoms with Gasteiger partial charge in [-0.15, -0.1) is 0 Å². The molecular weight excluding hydrogens is 567 g/mol. The van der Waals surface area contributed by atoms with Crippen molar-refractivity contribution in [1.82, 2.24) is 9.47 Å². The number of carbonyl (C=O) groups is 3. The van der Waals surface area contributed by atoms with Crippen LogP contribution in [0.2, 0.25) is 0 Å². The zero-order chi connectivity index (χ0) is 31.7.